The number of rotatable bonds is 1. The number of hydrogen-bond acceptors (Lipinski definition) is 1. The Labute approximate surface area is 144 Å². The van der Waals surface area contributed by atoms with Gasteiger partial charge >= 0.3 is 0 Å². The highest BCUT2D eigenvalue weighted by Crippen LogP contribution is 2.36. The van der Waals surface area contributed by atoms with E-state index in [2.05, 4.69) is 15.9 Å². The molecule has 0 fully saturated rings. The number of fused-ring (bicyclic) bond motifs is 1. The maximum absolute atomic E-state index is 12.6. The third kappa shape index (κ3) is 2.49. The largest absolute Gasteiger partial charge is 0.306 e. The molecule has 0 radical (unpaired) electrons. The zero-order valence-electron chi connectivity index (χ0n) is 10.4. The van der Waals surface area contributed by atoms with Crippen LogP contribution in [0.25, 0.3) is 16.6 Å². The molecule has 0 saturated heterocycles. The van der Waals surface area contributed by atoms with Gasteiger partial charge in [-0.15, -0.1) is 0 Å². The lowest BCUT2D eigenvalue weighted by Crippen LogP contribution is -2.10. The normalized spacial score (nSPS) is 11.0. The Bertz CT molecular complexity index is 900. The van der Waals surface area contributed by atoms with E-state index in [1.807, 2.05) is 0 Å². The molecule has 2 nitrogen and oxygen atoms in total. The molecule has 2 heterocycles. The van der Waals surface area contributed by atoms with Gasteiger partial charge in [0.15, 0.2) is 0 Å². The predicted octanol–water partition coefficient (Wildman–Crippen LogP) is 5.69. The second kappa shape index (κ2) is 5.65. The number of hydrogen-bond donors (Lipinski definition) is 0. The van der Waals surface area contributed by atoms with Crippen molar-refractivity contribution in [3.05, 3.63) is 72.5 Å². The molecule has 1 aromatic carbocycles. The fourth-order valence-corrected chi connectivity index (χ4v) is 3.42. The van der Waals surface area contributed by atoms with Crippen LogP contribution < -0.4 is 5.43 Å². The minimum Gasteiger partial charge on any atom is -0.306 e. The highest BCUT2D eigenvalue weighted by molar-refractivity contribution is 9.10. The number of aromatic nitrogens is 1. The minimum absolute atomic E-state index is 0.188. The molecule has 3 aromatic rings. The average Bonchev–Trinajstić information content (AvgIpc) is 2.44. The summed E-state index contributed by atoms with van der Waals surface area (Å²) in [7, 11) is 0. The van der Waals surface area contributed by atoms with Gasteiger partial charge in [0.1, 0.15) is 5.15 Å². The molecule has 0 amide bonds. The molecular formula is C15H7BrCl3NO. The molecule has 0 aliphatic rings. The first-order valence-electron chi connectivity index (χ1n) is 5.94. The molecule has 0 N–H and O–H groups in total. The van der Waals surface area contributed by atoms with Crippen molar-refractivity contribution >= 4 is 56.2 Å². The lowest BCUT2D eigenvalue weighted by atomic mass is 10.0. The third-order valence-corrected chi connectivity index (χ3v) is 4.64. The summed E-state index contributed by atoms with van der Waals surface area (Å²) in [6.07, 6.45) is 1.63. The van der Waals surface area contributed by atoms with Crippen LogP contribution in [0.2, 0.25) is 15.2 Å². The van der Waals surface area contributed by atoms with Gasteiger partial charge in [-0.3, -0.25) is 4.79 Å². The smallest absolute Gasteiger partial charge is 0.204 e. The summed E-state index contributed by atoms with van der Waals surface area (Å²) in [6.45, 7) is 0. The van der Waals surface area contributed by atoms with Crippen LogP contribution in [0.4, 0.5) is 0 Å². The summed E-state index contributed by atoms with van der Waals surface area (Å²) in [5.41, 5.74) is 1.38. The molecular weight excluding hydrogens is 396 g/mol. The van der Waals surface area contributed by atoms with E-state index in [0.717, 1.165) is 0 Å². The van der Waals surface area contributed by atoms with E-state index >= 15 is 0 Å². The fraction of sp³-hybridized carbons (Fsp3) is 0. The summed E-state index contributed by atoms with van der Waals surface area (Å²) in [4.78, 5) is 12.6. The van der Waals surface area contributed by atoms with E-state index in [1.165, 1.54) is 0 Å². The van der Waals surface area contributed by atoms with Crippen LogP contribution in [0.3, 0.4) is 0 Å². The molecule has 0 bridgehead atoms. The van der Waals surface area contributed by atoms with Crippen molar-refractivity contribution in [3.63, 3.8) is 0 Å². The summed E-state index contributed by atoms with van der Waals surface area (Å²) in [5, 5.41) is 1.32. The highest BCUT2D eigenvalue weighted by atomic mass is 79.9. The summed E-state index contributed by atoms with van der Waals surface area (Å²) in [5.74, 6) is 0. The van der Waals surface area contributed by atoms with Gasteiger partial charge in [-0.05, 0) is 40.2 Å². The maximum atomic E-state index is 12.6. The first-order chi connectivity index (χ1) is 10.0. The molecule has 0 atom stereocenters. The van der Waals surface area contributed by atoms with Crippen molar-refractivity contribution < 1.29 is 0 Å². The first-order valence-corrected chi connectivity index (χ1v) is 7.87. The zero-order valence-corrected chi connectivity index (χ0v) is 14.3. The van der Waals surface area contributed by atoms with E-state index in [9.17, 15) is 4.79 Å². The van der Waals surface area contributed by atoms with Gasteiger partial charge in [-0.2, -0.15) is 0 Å². The van der Waals surface area contributed by atoms with Gasteiger partial charge in [-0.1, -0.05) is 46.9 Å². The van der Waals surface area contributed by atoms with Crippen LogP contribution in [0.1, 0.15) is 0 Å². The number of nitrogens with zero attached hydrogens (tertiary/aromatic N) is 1. The molecule has 0 unspecified atom stereocenters. The standard InChI is InChI=1S/C15H7BrCl3NO/c16-8-7-20-11(5-2-6-12(20)19)14(15(8)21)13-9(17)3-1-4-10(13)18/h1-7H. The van der Waals surface area contributed by atoms with Crippen LogP contribution in [-0.4, -0.2) is 4.40 Å². The Balaban J connectivity index is 2.56. The Morgan fingerprint density at radius 3 is 2.19 bits per heavy atom. The molecule has 0 saturated carbocycles. The van der Waals surface area contributed by atoms with Crippen molar-refractivity contribution in [2.75, 3.05) is 0 Å². The summed E-state index contributed by atoms with van der Waals surface area (Å²) >= 11 is 22.0. The molecule has 2 aromatic heterocycles. The second-order valence-electron chi connectivity index (χ2n) is 4.38. The van der Waals surface area contributed by atoms with Crippen molar-refractivity contribution in [1.82, 2.24) is 4.40 Å². The molecule has 3 rings (SSSR count). The number of pyridine rings is 2. The average molecular weight is 403 g/mol. The van der Waals surface area contributed by atoms with Crippen molar-refractivity contribution in [3.8, 4) is 11.1 Å². The Hall–Kier alpha value is -1.00. The quantitative estimate of drug-likeness (QED) is 0.478. The lowest BCUT2D eigenvalue weighted by molar-refractivity contribution is 1.14. The minimum atomic E-state index is -0.188. The van der Waals surface area contributed by atoms with Crippen LogP contribution in [-0.2, 0) is 0 Å². The third-order valence-electron chi connectivity index (χ3n) is 3.13. The Morgan fingerprint density at radius 2 is 1.52 bits per heavy atom. The number of halogens is 4. The van der Waals surface area contributed by atoms with Gasteiger partial charge in [0.25, 0.3) is 0 Å². The van der Waals surface area contributed by atoms with Gasteiger partial charge in [0.2, 0.25) is 5.43 Å². The van der Waals surface area contributed by atoms with E-state index in [-0.39, 0.29) is 5.43 Å². The summed E-state index contributed by atoms with van der Waals surface area (Å²) in [6, 6.07) is 10.4. The fourth-order valence-electron chi connectivity index (χ4n) is 2.22. The second-order valence-corrected chi connectivity index (χ2v) is 6.44. The SMILES string of the molecule is O=c1c(Br)cn2c(Cl)cccc2c1-c1c(Cl)cccc1Cl. The van der Waals surface area contributed by atoms with Crippen LogP contribution in [0, 0.1) is 0 Å². The molecule has 0 aliphatic carbocycles. The predicted molar refractivity (Wildman–Crippen MR) is 91.8 cm³/mol. The maximum Gasteiger partial charge on any atom is 0.204 e. The Kier molecular flexibility index (Phi) is 4.02. The van der Waals surface area contributed by atoms with Crippen molar-refractivity contribution in [2.24, 2.45) is 0 Å². The van der Waals surface area contributed by atoms with Crippen LogP contribution >= 0.6 is 50.7 Å². The van der Waals surface area contributed by atoms with Gasteiger partial charge < -0.3 is 4.40 Å². The first kappa shape index (κ1) is 14.9. The Morgan fingerprint density at radius 1 is 0.905 bits per heavy atom. The number of benzene rings is 1. The molecule has 21 heavy (non-hydrogen) atoms. The van der Waals surface area contributed by atoms with Crippen molar-refractivity contribution in [2.45, 2.75) is 0 Å². The zero-order chi connectivity index (χ0) is 15.1. The van der Waals surface area contributed by atoms with Crippen LogP contribution in [0.5, 0.6) is 0 Å². The summed E-state index contributed by atoms with van der Waals surface area (Å²) < 4.78 is 2.10. The highest BCUT2D eigenvalue weighted by Gasteiger charge is 2.17. The molecule has 6 heteroatoms. The van der Waals surface area contributed by atoms with Crippen molar-refractivity contribution in [1.29, 1.82) is 0 Å². The monoisotopic (exact) mass is 401 g/mol. The van der Waals surface area contributed by atoms with E-state index in [4.69, 9.17) is 34.8 Å². The van der Waals surface area contributed by atoms with Gasteiger partial charge in [-0.25, -0.2) is 0 Å². The molecule has 0 aliphatic heterocycles. The van der Waals surface area contributed by atoms with Gasteiger partial charge in [0.05, 0.1) is 25.6 Å². The molecule has 0 spiro atoms. The van der Waals surface area contributed by atoms with E-state index in [1.54, 1.807) is 47.0 Å². The van der Waals surface area contributed by atoms with E-state index < -0.39 is 0 Å². The topological polar surface area (TPSA) is 21.5 Å². The van der Waals surface area contributed by atoms with E-state index in [0.29, 0.717) is 36.3 Å². The lowest BCUT2D eigenvalue weighted by Gasteiger charge is -2.12. The van der Waals surface area contributed by atoms with Gasteiger partial charge in [0, 0.05) is 11.8 Å². The molecule has 106 valence electrons. The van der Waals surface area contributed by atoms with Crippen LogP contribution in [0.15, 0.2) is 51.9 Å².